The van der Waals surface area contributed by atoms with Crippen molar-refractivity contribution >= 4 is 17.5 Å². The Balaban J connectivity index is 1.55. The first-order valence-corrected chi connectivity index (χ1v) is 9.72. The summed E-state index contributed by atoms with van der Waals surface area (Å²) in [6.45, 7) is 8.40. The third-order valence-electron chi connectivity index (χ3n) is 4.82. The van der Waals surface area contributed by atoms with E-state index in [1.165, 1.54) is 24.9 Å². The van der Waals surface area contributed by atoms with E-state index in [-0.39, 0.29) is 5.91 Å². The molecular weight excluding hydrogens is 338 g/mol. The fraction of sp³-hybridized carbons (Fsp3) is 0.476. The van der Waals surface area contributed by atoms with Crippen LogP contribution in [0.25, 0.3) is 0 Å². The summed E-state index contributed by atoms with van der Waals surface area (Å²) in [5.74, 6) is 0.420. The lowest BCUT2D eigenvalue weighted by molar-refractivity contribution is -0.121. The summed E-state index contributed by atoms with van der Waals surface area (Å²) in [7, 11) is 0. The first kappa shape index (κ1) is 19.1. The second-order valence-electron chi connectivity index (χ2n) is 7.28. The summed E-state index contributed by atoms with van der Waals surface area (Å²) in [6.07, 6.45) is 3.83. The minimum Gasteiger partial charge on any atom is -0.372 e. The van der Waals surface area contributed by atoms with E-state index in [0.717, 1.165) is 30.0 Å². The Labute approximate surface area is 161 Å². The summed E-state index contributed by atoms with van der Waals surface area (Å²) in [4.78, 5) is 23.5. The number of aryl methyl sites for hydroxylation is 2. The van der Waals surface area contributed by atoms with Gasteiger partial charge in [-0.25, -0.2) is 9.97 Å². The summed E-state index contributed by atoms with van der Waals surface area (Å²) in [5, 5.41) is 6.08. The average Bonchev–Trinajstić information content (AvgIpc) is 2.66. The van der Waals surface area contributed by atoms with Crippen LogP contribution in [-0.4, -0.2) is 35.0 Å². The van der Waals surface area contributed by atoms with Gasteiger partial charge in [-0.1, -0.05) is 12.1 Å². The summed E-state index contributed by atoms with van der Waals surface area (Å²) in [5.41, 5.74) is 4.12. The van der Waals surface area contributed by atoms with Gasteiger partial charge in [0.15, 0.2) is 0 Å². The molecule has 144 valence electrons. The predicted octanol–water partition coefficient (Wildman–Crippen LogP) is 3.20. The van der Waals surface area contributed by atoms with Gasteiger partial charge >= 0.3 is 0 Å². The van der Waals surface area contributed by atoms with Crippen molar-refractivity contribution in [2.75, 3.05) is 23.3 Å². The van der Waals surface area contributed by atoms with E-state index >= 15 is 0 Å². The Hall–Kier alpha value is -2.63. The average molecular weight is 367 g/mol. The summed E-state index contributed by atoms with van der Waals surface area (Å²) >= 11 is 0. The molecule has 27 heavy (non-hydrogen) atoms. The summed E-state index contributed by atoms with van der Waals surface area (Å²) < 4.78 is 0. The Morgan fingerprint density at radius 2 is 1.81 bits per heavy atom. The highest BCUT2D eigenvalue weighted by Crippen LogP contribution is 2.20. The molecule has 6 nitrogen and oxygen atoms in total. The van der Waals surface area contributed by atoms with Crippen molar-refractivity contribution in [1.29, 1.82) is 0 Å². The molecule has 1 aromatic carbocycles. The minimum absolute atomic E-state index is 0.0684. The molecule has 1 atom stereocenters. The molecule has 1 aliphatic rings. The lowest BCUT2D eigenvalue weighted by atomic mass is 10.1. The lowest BCUT2D eigenvalue weighted by Gasteiger charge is -2.29. The highest BCUT2D eigenvalue weighted by molar-refractivity contribution is 5.83. The second-order valence-corrected chi connectivity index (χ2v) is 7.28. The van der Waals surface area contributed by atoms with Crippen LogP contribution in [0.2, 0.25) is 0 Å². The number of aromatic nitrogens is 2. The number of rotatable bonds is 6. The van der Waals surface area contributed by atoms with Gasteiger partial charge < -0.3 is 15.5 Å². The molecule has 6 heteroatoms. The van der Waals surface area contributed by atoms with Crippen LogP contribution in [0.3, 0.4) is 0 Å². The van der Waals surface area contributed by atoms with Crippen molar-refractivity contribution in [2.45, 2.75) is 52.6 Å². The number of benzene rings is 1. The zero-order valence-corrected chi connectivity index (χ0v) is 16.5. The maximum Gasteiger partial charge on any atom is 0.242 e. The van der Waals surface area contributed by atoms with Gasteiger partial charge in [0, 0.05) is 36.7 Å². The molecule has 2 heterocycles. The third-order valence-corrected chi connectivity index (χ3v) is 4.82. The van der Waals surface area contributed by atoms with E-state index in [0.29, 0.717) is 12.5 Å². The molecule has 3 rings (SSSR count). The van der Waals surface area contributed by atoms with Crippen molar-refractivity contribution in [3.63, 3.8) is 0 Å². The molecule has 0 bridgehead atoms. The monoisotopic (exact) mass is 367 g/mol. The molecule has 1 saturated heterocycles. The Morgan fingerprint density at radius 3 is 2.52 bits per heavy atom. The van der Waals surface area contributed by atoms with E-state index in [1.54, 1.807) is 0 Å². The molecule has 1 aromatic heterocycles. The Kier molecular flexibility index (Phi) is 6.27. The molecular formula is C21H29N5O. The smallest absolute Gasteiger partial charge is 0.242 e. The second kappa shape index (κ2) is 8.84. The van der Waals surface area contributed by atoms with Crippen molar-refractivity contribution < 1.29 is 4.79 Å². The van der Waals surface area contributed by atoms with Gasteiger partial charge in [0.05, 0.1) is 0 Å². The van der Waals surface area contributed by atoms with E-state index in [4.69, 9.17) is 0 Å². The quantitative estimate of drug-likeness (QED) is 0.820. The van der Waals surface area contributed by atoms with Crippen LogP contribution in [0.4, 0.5) is 11.6 Å². The molecule has 0 radical (unpaired) electrons. The molecule has 1 fully saturated rings. The van der Waals surface area contributed by atoms with Crippen LogP contribution in [0, 0.1) is 13.8 Å². The molecule has 0 unspecified atom stereocenters. The van der Waals surface area contributed by atoms with Crippen LogP contribution in [0.1, 0.15) is 43.1 Å². The number of nitrogens with one attached hydrogen (secondary N) is 2. The topological polar surface area (TPSA) is 70.2 Å². The Bertz CT molecular complexity index is 766. The molecule has 0 saturated carbocycles. The van der Waals surface area contributed by atoms with E-state index in [2.05, 4.69) is 49.8 Å². The number of carbonyl (C=O) groups is 1. The highest BCUT2D eigenvalue weighted by atomic mass is 16.2. The number of piperidine rings is 1. The zero-order chi connectivity index (χ0) is 19.2. The standard InChI is InChI=1S/C21H29N5O/c1-15-12-16(2)24-21(23-15)25-17(3)20(27)22-14-18-8-7-9-19(13-18)26-10-5-4-6-11-26/h7-9,12-13,17H,4-6,10-11,14H2,1-3H3,(H,22,27)(H,23,24,25)/t17-/m1/s1. The van der Waals surface area contributed by atoms with Gasteiger partial charge in [-0.3, -0.25) is 4.79 Å². The van der Waals surface area contributed by atoms with Gasteiger partial charge in [0.1, 0.15) is 6.04 Å². The van der Waals surface area contributed by atoms with Crippen LogP contribution in [0.5, 0.6) is 0 Å². The van der Waals surface area contributed by atoms with Crippen LogP contribution in [0.15, 0.2) is 30.3 Å². The molecule has 1 aliphatic heterocycles. The molecule has 0 spiro atoms. The van der Waals surface area contributed by atoms with Gasteiger partial charge in [0.2, 0.25) is 11.9 Å². The van der Waals surface area contributed by atoms with Gasteiger partial charge in [-0.2, -0.15) is 0 Å². The normalized spacial score (nSPS) is 15.3. The zero-order valence-electron chi connectivity index (χ0n) is 16.5. The van der Waals surface area contributed by atoms with Crippen LogP contribution in [-0.2, 0) is 11.3 Å². The van der Waals surface area contributed by atoms with E-state index in [9.17, 15) is 4.79 Å². The van der Waals surface area contributed by atoms with Crippen molar-refractivity contribution in [2.24, 2.45) is 0 Å². The summed E-state index contributed by atoms with van der Waals surface area (Å²) in [6, 6.07) is 9.95. The molecule has 0 aliphatic carbocycles. The predicted molar refractivity (Wildman–Crippen MR) is 109 cm³/mol. The maximum atomic E-state index is 12.4. The number of anilines is 2. The van der Waals surface area contributed by atoms with Crippen molar-refractivity contribution in [3.8, 4) is 0 Å². The first-order valence-electron chi connectivity index (χ1n) is 9.72. The van der Waals surface area contributed by atoms with E-state index in [1.807, 2.05) is 26.8 Å². The molecule has 2 aromatic rings. The van der Waals surface area contributed by atoms with Crippen LogP contribution < -0.4 is 15.5 Å². The van der Waals surface area contributed by atoms with Gasteiger partial charge in [0.25, 0.3) is 0 Å². The fourth-order valence-corrected chi connectivity index (χ4v) is 3.41. The number of amides is 1. The van der Waals surface area contributed by atoms with Crippen molar-refractivity contribution in [1.82, 2.24) is 15.3 Å². The first-order chi connectivity index (χ1) is 13.0. The van der Waals surface area contributed by atoms with Gasteiger partial charge in [-0.15, -0.1) is 0 Å². The maximum absolute atomic E-state index is 12.4. The number of hydrogen-bond acceptors (Lipinski definition) is 5. The highest BCUT2D eigenvalue weighted by Gasteiger charge is 2.15. The lowest BCUT2D eigenvalue weighted by Crippen LogP contribution is -2.37. The minimum atomic E-state index is -0.406. The number of nitrogens with zero attached hydrogens (tertiary/aromatic N) is 3. The molecule has 2 N–H and O–H groups in total. The fourth-order valence-electron chi connectivity index (χ4n) is 3.41. The van der Waals surface area contributed by atoms with E-state index < -0.39 is 6.04 Å². The van der Waals surface area contributed by atoms with Crippen LogP contribution >= 0.6 is 0 Å². The molecule has 1 amide bonds. The third kappa shape index (κ3) is 5.42. The number of hydrogen-bond donors (Lipinski definition) is 2. The van der Waals surface area contributed by atoms with Gasteiger partial charge in [-0.05, 0) is 63.8 Å². The van der Waals surface area contributed by atoms with Crippen molar-refractivity contribution in [3.05, 3.63) is 47.3 Å². The largest absolute Gasteiger partial charge is 0.372 e. The Morgan fingerprint density at radius 1 is 1.11 bits per heavy atom. The number of carbonyl (C=O) groups excluding carboxylic acids is 1. The SMILES string of the molecule is Cc1cc(C)nc(N[C@H](C)C(=O)NCc2cccc(N3CCCCC3)c2)n1.